The number of primary amides is 1. The van der Waals surface area contributed by atoms with Gasteiger partial charge in [0.25, 0.3) is 11.8 Å². The van der Waals surface area contributed by atoms with Crippen molar-refractivity contribution < 1.29 is 44.1 Å². The summed E-state index contributed by atoms with van der Waals surface area (Å²) in [6.07, 6.45) is -2.30. The number of benzene rings is 2. The molecule has 1 fully saturated rings. The topological polar surface area (TPSA) is 307 Å². The zero-order valence-corrected chi connectivity index (χ0v) is 47.0. The summed E-state index contributed by atoms with van der Waals surface area (Å²) in [5.41, 5.74) is 9.30. The largest absolute Gasteiger partial charge is 0.508 e. The van der Waals surface area contributed by atoms with E-state index in [1.807, 2.05) is 12.3 Å². The minimum Gasteiger partial charge on any atom is -0.508 e. The van der Waals surface area contributed by atoms with Crippen LogP contribution in [0, 0.1) is 12.8 Å². The summed E-state index contributed by atoms with van der Waals surface area (Å²) in [5, 5.41) is 50.0. The minimum absolute atomic E-state index is 0.00671. The molecule has 0 saturated carbocycles. The maximum absolute atomic E-state index is 15.1. The Bertz CT molecular complexity index is 3830. The Morgan fingerprint density at radius 2 is 1.38 bits per heavy atom. The van der Waals surface area contributed by atoms with Crippen LogP contribution in [0.3, 0.4) is 0 Å². The molecular formula is C54H45N11O9S6. The van der Waals surface area contributed by atoms with Crippen molar-refractivity contribution in [3.63, 3.8) is 0 Å². The van der Waals surface area contributed by atoms with Crippen LogP contribution < -0.4 is 16.4 Å². The van der Waals surface area contributed by atoms with E-state index in [0.29, 0.717) is 70.7 Å². The monoisotopic (exact) mass is 1180 g/mol. The third kappa shape index (κ3) is 11.1. The SMILES string of the molecule is Cc1sc2nc1C(=O)C[C@@H]([C@H](O)c1ccccc1)c1nc(cs1)C(=O)N[C@@H](Cc1ccc(O)cc1)C(=O)N1C[C@H](O)[C@H](C)[C@H]1c1nc(cs1)-c1nc(cs1)-c1nc(-c3nc(C=O)cs3)ccc1-c1nc(cs1)C(=O)N[C@H]2CC(N)=O. The van der Waals surface area contributed by atoms with Gasteiger partial charge in [0, 0.05) is 68.6 Å². The van der Waals surface area contributed by atoms with E-state index in [0.717, 1.165) is 22.7 Å². The number of amides is 4. The smallest absolute Gasteiger partial charge is 0.271 e. The van der Waals surface area contributed by atoms with E-state index in [2.05, 4.69) is 25.6 Å². The van der Waals surface area contributed by atoms with Crippen LogP contribution >= 0.6 is 68.0 Å². The van der Waals surface area contributed by atoms with Gasteiger partial charge in [-0.1, -0.05) is 49.4 Å². The van der Waals surface area contributed by atoms with Crippen LogP contribution in [0.25, 0.3) is 43.4 Å². The lowest BCUT2D eigenvalue weighted by Gasteiger charge is -2.29. The van der Waals surface area contributed by atoms with Crippen molar-refractivity contribution in [2.75, 3.05) is 6.54 Å². The number of nitrogens with two attached hydrogens (primary N) is 1. The fraction of sp³-hybridized carbons (Fsp3) is 0.241. The number of fused-ring (bicyclic) bond motifs is 16. The summed E-state index contributed by atoms with van der Waals surface area (Å²) in [7, 11) is 0. The van der Waals surface area contributed by atoms with E-state index >= 15 is 4.79 Å². The van der Waals surface area contributed by atoms with Gasteiger partial charge < -0.3 is 36.6 Å². The number of Topliss-reactive ketones (excluding diaryl/α,β-unsaturated/α-hetero) is 1. The minimum atomic E-state index is -1.29. The van der Waals surface area contributed by atoms with Crippen molar-refractivity contribution in [2.45, 2.75) is 69.4 Å². The maximum atomic E-state index is 15.1. The zero-order chi connectivity index (χ0) is 55.9. The molecule has 9 aromatic rings. The highest BCUT2D eigenvalue weighted by Gasteiger charge is 2.45. The summed E-state index contributed by atoms with van der Waals surface area (Å²) in [6.45, 7) is 3.43. The van der Waals surface area contributed by atoms with Crippen molar-refractivity contribution >= 4 is 104 Å². The van der Waals surface area contributed by atoms with Gasteiger partial charge in [0.1, 0.15) is 76.7 Å². The summed E-state index contributed by atoms with van der Waals surface area (Å²) in [4.78, 5) is 118. The van der Waals surface area contributed by atoms with Crippen molar-refractivity contribution in [3.8, 4) is 49.1 Å². The first-order chi connectivity index (χ1) is 38.6. The maximum Gasteiger partial charge on any atom is 0.271 e. The number of aldehydes is 1. The number of phenols is 1. The van der Waals surface area contributed by atoms with Gasteiger partial charge in [-0.05, 0) is 42.3 Å². The molecule has 0 aliphatic carbocycles. The highest BCUT2D eigenvalue weighted by Crippen LogP contribution is 2.43. The van der Waals surface area contributed by atoms with Gasteiger partial charge >= 0.3 is 0 Å². The molecular weight excluding hydrogens is 1140 g/mol. The Balaban J connectivity index is 1.02. The highest BCUT2D eigenvalue weighted by molar-refractivity contribution is 7.15. The van der Waals surface area contributed by atoms with Gasteiger partial charge in [-0.3, -0.25) is 28.8 Å². The summed E-state index contributed by atoms with van der Waals surface area (Å²) in [5.74, 6) is -4.60. The highest BCUT2D eigenvalue weighted by atomic mass is 32.1. The predicted molar refractivity (Wildman–Crippen MR) is 303 cm³/mol. The van der Waals surface area contributed by atoms with E-state index in [-0.39, 0.29) is 64.3 Å². The average molecular weight is 1180 g/mol. The van der Waals surface area contributed by atoms with Crippen molar-refractivity contribution in [2.24, 2.45) is 11.7 Å². The third-order valence-corrected chi connectivity index (χ3v) is 19.2. The van der Waals surface area contributed by atoms with Gasteiger partial charge in [0.2, 0.25) is 11.8 Å². The Hall–Kier alpha value is -7.69. The Kier molecular flexibility index (Phi) is 15.5. The number of ketones is 1. The molecule has 406 valence electrons. The number of pyridine rings is 1. The molecule has 9 heterocycles. The number of aromatic nitrogens is 7. The number of phenolic OH excluding ortho intramolecular Hbond substituents is 1. The molecule has 7 aromatic heterocycles. The third-order valence-electron chi connectivity index (χ3n) is 13.6. The average Bonchev–Trinajstić information content (AvgIpc) is 4.36. The predicted octanol–water partition coefficient (Wildman–Crippen LogP) is 7.99. The number of hydrogen-bond donors (Lipinski definition) is 6. The molecule has 10 bridgehead atoms. The standard InChI is InChI=1S/C54H45N11O9S6/c1-24-40(69)17-65-44(24)53-63-38(23-79-53)51-60-35(20-78-51)43-30(12-13-32(57-43)50-56-28(18-66)19-75-50)48-61-36(21-76-48)46(72)58-33(16-41(55)70)52-64-42(25(2)80-52)39(68)15-31(45(71)27-6-4-3-5-7-27)49-62-37(22-77-49)47(73)59-34(54(65)74)14-26-8-10-29(67)11-9-26/h3-13,18-24,31,33-34,40,44-45,67,69,71H,14-17H2,1-2H3,(H2,55,70)(H,58,72)(H,59,73)/t24-,31-,33-,34-,40-,44-,45+/m0/s1. The number of aromatic hydroxyl groups is 1. The van der Waals surface area contributed by atoms with Crippen LogP contribution in [0.4, 0.5) is 0 Å². The van der Waals surface area contributed by atoms with Crippen LogP contribution in [-0.2, 0) is 16.0 Å². The van der Waals surface area contributed by atoms with E-state index in [9.17, 15) is 39.3 Å². The number of aliphatic hydroxyl groups excluding tert-OH is 2. The zero-order valence-electron chi connectivity index (χ0n) is 42.1. The van der Waals surface area contributed by atoms with Crippen molar-refractivity contribution in [3.05, 3.63) is 147 Å². The van der Waals surface area contributed by atoms with Gasteiger partial charge in [-0.2, -0.15) is 0 Å². The molecule has 2 aliphatic rings. The normalized spacial score (nSPS) is 20.2. The number of hydrogen-bond acceptors (Lipinski definition) is 22. The number of thiazole rings is 6. The van der Waals surface area contributed by atoms with Crippen LogP contribution in [-0.4, -0.2) is 109 Å². The number of nitrogens with zero attached hydrogens (tertiary/aromatic N) is 8. The van der Waals surface area contributed by atoms with Crippen LogP contribution in [0.15, 0.2) is 93.6 Å². The second-order valence-corrected chi connectivity index (χ2v) is 24.6. The summed E-state index contributed by atoms with van der Waals surface area (Å²) >= 11 is 7.13. The number of aryl methyl sites for hydroxylation is 1. The fourth-order valence-corrected chi connectivity index (χ4v) is 14.9. The quantitative estimate of drug-likeness (QED) is 0.0785. The summed E-state index contributed by atoms with van der Waals surface area (Å²) in [6, 6.07) is 15.4. The second-order valence-electron chi connectivity index (χ2n) is 19.0. The van der Waals surface area contributed by atoms with E-state index in [1.54, 1.807) is 77.7 Å². The molecule has 1 saturated heterocycles. The van der Waals surface area contributed by atoms with Crippen LogP contribution in [0.1, 0.15) is 117 Å². The Morgan fingerprint density at radius 3 is 2.12 bits per heavy atom. The lowest BCUT2D eigenvalue weighted by atomic mass is 9.90. The molecule has 0 radical (unpaired) electrons. The molecule has 20 nitrogen and oxygen atoms in total. The number of nitrogens with one attached hydrogen (secondary N) is 2. The fourth-order valence-electron chi connectivity index (χ4n) is 9.52. The number of carbonyl (C=O) groups excluding carboxylic acids is 6. The Labute approximate surface area is 479 Å². The number of carbonyl (C=O) groups is 6. The molecule has 7 N–H and O–H groups in total. The molecule has 80 heavy (non-hydrogen) atoms. The molecule has 0 spiro atoms. The van der Waals surface area contributed by atoms with Crippen molar-refractivity contribution in [1.29, 1.82) is 0 Å². The first-order valence-electron chi connectivity index (χ1n) is 24.7. The second kappa shape index (κ2) is 22.8. The van der Waals surface area contributed by atoms with Crippen LogP contribution in [0.2, 0.25) is 0 Å². The molecule has 26 heteroatoms. The number of aliphatic hydroxyl groups is 2. The first kappa shape index (κ1) is 54.3. The van der Waals surface area contributed by atoms with Gasteiger partial charge in [0.05, 0.1) is 41.4 Å². The van der Waals surface area contributed by atoms with E-state index < -0.39 is 71.6 Å². The lowest BCUT2D eigenvalue weighted by Crippen LogP contribution is -2.50. The molecule has 11 rings (SSSR count). The van der Waals surface area contributed by atoms with E-state index in [1.165, 1.54) is 67.8 Å². The molecule has 0 unspecified atom stereocenters. The lowest BCUT2D eigenvalue weighted by molar-refractivity contribution is -0.134. The van der Waals surface area contributed by atoms with Crippen molar-refractivity contribution in [1.82, 2.24) is 50.4 Å². The van der Waals surface area contributed by atoms with Gasteiger partial charge in [0.15, 0.2) is 12.1 Å². The number of rotatable bonds is 8. The van der Waals surface area contributed by atoms with Crippen LogP contribution in [0.5, 0.6) is 5.75 Å². The van der Waals surface area contributed by atoms with E-state index in [4.69, 9.17) is 25.7 Å². The molecule has 2 aliphatic heterocycles. The molecule has 2 aromatic carbocycles. The van der Waals surface area contributed by atoms with Gasteiger partial charge in [-0.25, -0.2) is 34.9 Å². The Morgan fingerprint density at radius 1 is 0.725 bits per heavy atom. The molecule has 7 atom stereocenters. The first-order valence-corrected chi connectivity index (χ1v) is 30.0. The molecule has 4 amide bonds. The van der Waals surface area contributed by atoms with Gasteiger partial charge in [-0.15, -0.1) is 68.0 Å². The summed E-state index contributed by atoms with van der Waals surface area (Å²) < 4.78 is 0.